The van der Waals surface area contributed by atoms with Gasteiger partial charge in [0.15, 0.2) is 6.10 Å². The van der Waals surface area contributed by atoms with E-state index in [1.165, 1.54) is 205 Å². The molecule has 0 aromatic rings. The fourth-order valence-electron chi connectivity index (χ4n) is 9.61. The van der Waals surface area contributed by atoms with Crippen LogP contribution in [0.4, 0.5) is 0 Å². The summed E-state index contributed by atoms with van der Waals surface area (Å²) in [5.74, 6) is -0.875. The Hall–Kier alpha value is -2.89. The molecule has 0 fully saturated rings. The molecule has 75 heavy (non-hydrogen) atoms. The molecule has 0 aromatic carbocycles. The van der Waals surface area contributed by atoms with Gasteiger partial charge in [-0.25, -0.2) is 0 Å². The Kier molecular flexibility index (Phi) is 61.2. The lowest BCUT2D eigenvalue weighted by Crippen LogP contribution is -2.30. The molecule has 436 valence electrons. The maximum Gasteiger partial charge on any atom is 0.306 e. The summed E-state index contributed by atoms with van der Waals surface area (Å²) in [6.07, 6.45) is 80.8. The molecule has 1 unspecified atom stereocenters. The van der Waals surface area contributed by atoms with Crippen molar-refractivity contribution in [2.24, 2.45) is 0 Å². The van der Waals surface area contributed by atoms with E-state index in [2.05, 4.69) is 81.5 Å². The summed E-state index contributed by atoms with van der Waals surface area (Å²) in [5.41, 5.74) is 0. The SMILES string of the molecule is CC/C=C\C/C=C\C/C=C\CCCCCCCCCC(=O)OCC(COC(=O)CCCCCCCCCCCCCCCCCCCCCCCC)OC(=O)CCCCCCCCC/C=C\C/C=C\CCCCCC. The summed E-state index contributed by atoms with van der Waals surface area (Å²) in [6.45, 7) is 6.55. The Balaban J connectivity index is 4.34. The van der Waals surface area contributed by atoms with Crippen molar-refractivity contribution in [3.05, 3.63) is 60.8 Å². The van der Waals surface area contributed by atoms with Gasteiger partial charge in [0.2, 0.25) is 0 Å². The predicted molar refractivity (Wildman–Crippen MR) is 325 cm³/mol. The molecule has 0 saturated heterocycles. The Morgan fingerprint density at radius 3 is 0.827 bits per heavy atom. The van der Waals surface area contributed by atoms with Gasteiger partial charge in [-0.15, -0.1) is 0 Å². The second kappa shape index (κ2) is 63.6. The summed E-state index contributed by atoms with van der Waals surface area (Å²) < 4.78 is 17.0. The molecule has 0 radical (unpaired) electrons. The number of carbonyl (C=O) groups excluding carboxylic acids is 3. The molecule has 0 aliphatic rings. The molecule has 0 heterocycles. The molecule has 0 spiro atoms. The Morgan fingerprint density at radius 2 is 0.520 bits per heavy atom. The first-order valence-electron chi connectivity index (χ1n) is 32.8. The molecule has 1 atom stereocenters. The average Bonchev–Trinajstić information content (AvgIpc) is 3.41. The number of hydrogen-bond donors (Lipinski definition) is 0. The van der Waals surface area contributed by atoms with Crippen molar-refractivity contribution in [2.45, 2.75) is 348 Å². The lowest BCUT2D eigenvalue weighted by molar-refractivity contribution is -0.167. The molecule has 0 aliphatic heterocycles. The van der Waals surface area contributed by atoms with Crippen LogP contribution in [0, 0.1) is 0 Å². The smallest absolute Gasteiger partial charge is 0.306 e. The third kappa shape index (κ3) is 61.8. The second-order valence-corrected chi connectivity index (χ2v) is 22.0. The topological polar surface area (TPSA) is 78.9 Å². The van der Waals surface area contributed by atoms with Gasteiger partial charge in [-0.05, 0) is 83.5 Å². The van der Waals surface area contributed by atoms with Crippen LogP contribution in [-0.2, 0) is 28.6 Å². The molecular weight excluding hydrogens is 925 g/mol. The van der Waals surface area contributed by atoms with E-state index in [9.17, 15) is 14.4 Å². The highest BCUT2D eigenvalue weighted by Gasteiger charge is 2.19. The minimum Gasteiger partial charge on any atom is -0.462 e. The van der Waals surface area contributed by atoms with Crippen LogP contribution in [0.1, 0.15) is 342 Å². The van der Waals surface area contributed by atoms with E-state index >= 15 is 0 Å². The van der Waals surface area contributed by atoms with Gasteiger partial charge in [0.25, 0.3) is 0 Å². The molecule has 0 rings (SSSR count). The number of esters is 3. The van der Waals surface area contributed by atoms with Gasteiger partial charge < -0.3 is 14.2 Å². The van der Waals surface area contributed by atoms with Crippen molar-refractivity contribution in [1.82, 2.24) is 0 Å². The van der Waals surface area contributed by atoms with Crippen molar-refractivity contribution < 1.29 is 28.6 Å². The van der Waals surface area contributed by atoms with E-state index in [-0.39, 0.29) is 31.1 Å². The highest BCUT2D eigenvalue weighted by molar-refractivity contribution is 5.71. The summed E-state index contributed by atoms with van der Waals surface area (Å²) in [4.78, 5) is 38.4. The molecule has 0 amide bonds. The zero-order valence-electron chi connectivity index (χ0n) is 50.1. The maximum atomic E-state index is 12.9. The number of hydrogen-bond acceptors (Lipinski definition) is 6. The molecule has 0 saturated carbocycles. The summed E-state index contributed by atoms with van der Waals surface area (Å²) in [6, 6.07) is 0. The zero-order chi connectivity index (χ0) is 54.3. The Morgan fingerprint density at radius 1 is 0.280 bits per heavy atom. The molecule has 6 heteroatoms. The number of carbonyl (C=O) groups is 3. The number of ether oxygens (including phenoxy) is 3. The van der Waals surface area contributed by atoms with Crippen molar-refractivity contribution in [3.8, 4) is 0 Å². The van der Waals surface area contributed by atoms with E-state index in [1.807, 2.05) is 0 Å². The van der Waals surface area contributed by atoms with Crippen LogP contribution in [0.25, 0.3) is 0 Å². The van der Waals surface area contributed by atoms with Crippen molar-refractivity contribution in [3.63, 3.8) is 0 Å². The first kappa shape index (κ1) is 72.1. The monoisotopic (exact) mass is 1050 g/mol. The van der Waals surface area contributed by atoms with E-state index < -0.39 is 6.10 Å². The summed E-state index contributed by atoms with van der Waals surface area (Å²) in [7, 11) is 0. The third-order valence-corrected chi connectivity index (χ3v) is 14.5. The first-order valence-corrected chi connectivity index (χ1v) is 32.8. The maximum absolute atomic E-state index is 12.9. The molecule has 6 nitrogen and oxygen atoms in total. The highest BCUT2D eigenvalue weighted by atomic mass is 16.6. The predicted octanol–water partition coefficient (Wildman–Crippen LogP) is 22.3. The van der Waals surface area contributed by atoms with Gasteiger partial charge in [-0.1, -0.05) is 300 Å². The van der Waals surface area contributed by atoms with Crippen LogP contribution in [0.15, 0.2) is 60.8 Å². The van der Waals surface area contributed by atoms with Crippen molar-refractivity contribution in [1.29, 1.82) is 0 Å². The fraction of sp³-hybridized carbons (Fsp3) is 0.812. The van der Waals surface area contributed by atoms with Gasteiger partial charge in [0.05, 0.1) is 0 Å². The number of rotatable bonds is 60. The minimum absolute atomic E-state index is 0.0774. The van der Waals surface area contributed by atoms with Crippen LogP contribution < -0.4 is 0 Å². The first-order chi connectivity index (χ1) is 37.0. The van der Waals surface area contributed by atoms with E-state index in [0.29, 0.717) is 19.3 Å². The lowest BCUT2D eigenvalue weighted by atomic mass is 10.0. The van der Waals surface area contributed by atoms with E-state index in [4.69, 9.17) is 14.2 Å². The van der Waals surface area contributed by atoms with Crippen molar-refractivity contribution >= 4 is 17.9 Å². The standard InChI is InChI=1S/C69H124O6/c1-4-7-10-13-16-19-22-25-28-31-33-34-35-36-39-41-44-47-50-53-56-59-62-68(71)74-65-66(64-73-67(70)61-58-55-52-49-46-43-40-37-30-27-24-21-18-15-12-9-6-3)75-69(72)63-60-57-54-51-48-45-42-38-32-29-26-23-20-17-14-11-8-5-2/h9,12,18,20-21,23,27,29-30,32,66H,4-8,10-11,13-17,19,22,24-26,28,31,33-65H2,1-3H3/b12-9-,21-18-,23-20-,30-27-,32-29-. The molecule has 0 aliphatic carbocycles. The minimum atomic E-state index is -0.783. The zero-order valence-corrected chi connectivity index (χ0v) is 50.1. The van der Waals surface area contributed by atoms with Crippen LogP contribution in [0.3, 0.4) is 0 Å². The van der Waals surface area contributed by atoms with Crippen LogP contribution in [-0.4, -0.2) is 37.2 Å². The highest BCUT2D eigenvalue weighted by Crippen LogP contribution is 2.17. The largest absolute Gasteiger partial charge is 0.462 e. The Bertz CT molecular complexity index is 1340. The molecular formula is C69H124O6. The van der Waals surface area contributed by atoms with E-state index in [1.54, 1.807) is 0 Å². The number of unbranched alkanes of at least 4 members (excludes halogenated alkanes) is 39. The number of allylic oxidation sites excluding steroid dienone is 10. The molecule has 0 bridgehead atoms. The molecule has 0 N–H and O–H groups in total. The quantitative estimate of drug-likeness (QED) is 0.0261. The van der Waals surface area contributed by atoms with Gasteiger partial charge in [0, 0.05) is 19.3 Å². The van der Waals surface area contributed by atoms with Crippen molar-refractivity contribution in [2.75, 3.05) is 13.2 Å². The Labute approximate surface area is 466 Å². The fourth-order valence-corrected chi connectivity index (χ4v) is 9.61. The molecule has 0 aromatic heterocycles. The van der Waals surface area contributed by atoms with Crippen LogP contribution in [0.5, 0.6) is 0 Å². The van der Waals surface area contributed by atoms with E-state index in [0.717, 1.165) is 96.3 Å². The normalized spacial score (nSPS) is 12.4. The van der Waals surface area contributed by atoms with Crippen LogP contribution in [0.2, 0.25) is 0 Å². The van der Waals surface area contributed by atoms with Gasteiger partial charge >= 0.3 is 17.9 Å². The van der Waals surface area contributed by atoms with Gasteiger partial charge in [-0.2, -0.15) is 0 Å². The van der Waals surface area contributed by atoms with Crippen LogP contribution >= 0.6 is 0 Å². The lowest BCUT2D eigenvalue weighted by Gasteiger charge is -2.18. The second-order valence-electron chi connectivity index (χ2n) is 22.0. The third-order valence-electron chi connectivity index (χ3n) is 14.5. The summed E-state index contributed by atoms with van der Waals surface area (Å²) in [5, 5.41) is 0. The average molecular weight is 1050 g/mol. The van der Waals surface area contributed by atoms with Gasteiger partial charge in [-0.3, -0.25) is 14.4 Å². The van der Waals surface area contributed by atoms with Gasteiger partial charge in [0.1, 0.15) is 13.2 Å². The summed E-state index contributed by atoms with van der Waals surface area (Å²) >= 11 is 0.